The molecule has 1 heterocycles. The number of fused-ring (bicyclic) bond motifs is 1. The number of rotatable bonds is 3. The average molecular weight is 292 g/mol. The minimum absolute atomic E-state index is 0.193. The molecule has 1 aliphatic rings. The van der Waals surface area contributed by atoms with Crippen LogP contribution in [0.15, 0.2) is 36.4 Å². The van der Waals surface area contributed by atoms with E-state index in [1.165, 1.54) is 5.56 Å². The Hall–Kier alpha value is -2.01. The van der Waals surface area contributed by atoms with E-state index in [2.05, 4.69) is 0 Å². The van der Waals surface area contributed by atoms with Crippen LogP contribution >= 0.6 is 0 Å². The van der Waals surface area contributed by atoms with E-state index in [9.17, 15) is 13.2 Å². The minimum atomic E-state index is -1.45. The fraction of sp³-hybridized carbons (Fsp3) is 0.250. The summed E-state index contributed by atoms with van der Waals surface area (Å²) in [6.45, 7) is 0.917. The van der Waals surface area contributed by atoms with Gasteiger partial charge in [-0.15, -0.1) is 0 Å². The zero-order chi connectivity index (χ0) is 15.0. The molecule has 0 fully saturated rings. The summed E-state index contributed by atoms with van der Waals surface area (Å²) in [4.78, 5) is 2.02. The van der Waals surface area contributed by atoms with E-state index in [4.69, 9.17) is 5.73 Å². The van der Waals surface area contributed by atoms with E-state index < -0.39 is 17.5 Å². The minimum Gasteiger partial charge on any atom is -0.363 e. The number of halogens is 3. The molecule has 1 unspecified atom stereocenters. The van der Waals surface area contributed by atoms with Gasteiger partial charge in [-0.2, -0.15) is 0 Å². The van der Waals surface area contributed by atoms with Gasteiger partial charge in [-0.05, 0) is 35.7 Å². The van der Waals surface area contributed by atoms with Gasteiger partial charge in [0, 0.05) is 18.8 Å². The summed E-state index contributed by atoms with van der Waals surface area (Å²) in [7, 11) is 0. The molecular formula is C16H15F3N2. The second-order valence-electron chi connectivity index (χ2n) is 5.12. The topological polar surface area (TPSA) is 29.3 Å². The maximum atomic E-state index is 13.4. The third-order valence-corrected chi connectivity index (χ3v) is 3.91. The first-order valence-corrected chi connectivity index (χ1v) is 6.81. The second-order valence-corrected chi connectivity index (χ2v) is 5.12. The summed E-state index contributed by atoms with van der Waals surface area (Å²) >= 11 is 0. The highest BCUT2D eigenvalue weighted by atomic mass is 19.2. The molecule has 2 aromatic carbocycles. The van der Waals surface area contributed by atoms with Gasteiger partial charge in [0.1, 0.15) is 0 Å². The molecule has 5 heteroatoms. The number of hydrogen-bond acceptors (Lipinski definition) is 2. The van der Waals surface area contributed by atoms with Crippen LogP contribution in [-0.2, 0) is 6.42 Å². The van der Waals surface area contributed by atoms with Crippen LogP contribution in [0.4, 0.5) is 18.9 Å². The van der Waals surface area contributed by atoms with Crippen molar-refractivity contribution in [1.29, 1.82) is 0 Å². The highest BCUT2D eigenvalue weighted by molar-refractivity contribution is 5.59. The number of nitrogens with two attached hydrogens (primary N) is 1. The Morgan fingerprint density at radius 2 is 1.76 bits per heavy atom. The van der Waals surface area contributed by atoms with E-state index in [1.54, 1.807) is 0 Å². The van der Waals surface area contributed by atoms with Crippen molar-refractivity contribution in [2.45, 2.75) is 12.5 Å². The standard InChI is InChI=1S/C16H15F3N2/c17-12-7-11(8-13(18)16(12)19)15(9-20)21-6-5-10-3-1-2-4-14(10)21/h1-4,7-8,15H,5-6,9,20H2. The Morgan fingerprint density at radius 1 is 1.10 bits per heavy atom. The summed E-state index contributed by atoms with van der Waals surface area (Å²) < 4.78 is 40.0. The van der Waals surface area contributed by atoms with Crippen molar-refractivity contribution < 1.29 is 13.2 Å². The molecule has 1 atom stereocenters. The first-order valence-electron chi connectivity index (χ1n) is 6.81. The monoisotopic (exact) mass is 292 g/mol. The van der Waals surface area contributed by atoms with Gasteiger partial charge in [-0.1, -0.05) is 18.2 Å². The Kier molecular flexibility index (Phi) is 3.59. The molecule has 0 saturated heterocycles. The molecule has 2 aromatic rings. The third kappa shape index (κ3) is 2.38. The van der Waals surface area contributed by atoms with Crippen molar-refractivity contribution in [2.75, 3.05) is 18.0 Å². The SMILES string of the molecule is NCC(c1cc(F)c(F)c(F)c1)N1CCc2ccccc21. The molecular weight excluding hydrogens is 277 g/mol. The molecule has 21 heavy (non-hydrogen) atoms. The summed E-state index contributed by atoms with van der Waals surface area (Å²) in [5.41, 5.74) is 8.34. The normalized spacial score (nSPS) is 15.1. The molecule has 0 bridgehead atoms. The molecule has 0 saturated carbocycles. The summed E-state index contributed by atoms with van der Waals surface area (Å²) in [6.07, 6.45) is 0.860. The summed E-state index contributed by atoms with van der Waals surface area (Å²) in [6, 6.07) is 9.52. The highest BCUT2D eigenvalue weighted by Gasteiger charge is 2.27. The lowest BCUT2D eigenvalue weighted by molar-refractivity contribution is 0.443. The van der Waals surface area contributed by atoms with Crippen molar-refractivity contribution in [3.8, 4) is 0 Å². The van der Waals surface area contributed by atoms with Crippen LogP contribution in [0.25, 0.3) is 0 Å². The van der Waals surface area contributed by atoms with E-state index >= 15 is 0 Å². The summed E-state index contributed by atoms with van der Waals surface area (Å²) in [5, 5.41) is 0. The average Bonchev–Trinajstić information content (AvgIpc) is 2.90. The largest absolute Gasteiger partial charge is 0.363 e. The lowest BCUT2D eigenvalue weighted by Gasteiger charge is -2.30. The van der Waals surface area contributed by atoms with Gasteiger partial charge >= 0.3 is 0 Å². The van der Waals surface area contributed by atoms with Crippen LogP contribution in [0, 0.1) is 17.5 Å². The Labute approximate surface area is 121 Å². The Balaban J connectivity index is 2.00. The fourth-order valence-electron chi connectivity index (χ4n) is 2.90. The van der Waals surface area contributed by atoms with Gasteiger partial charge in [0.2, 0.25) is 0 Å². The smallest absolute Gasteiger partial charge is 0.194 e. The Morgan fingerprint density at radius 3 is 2.43 bits per heavy atom. The summed E-state index contributed by atoms with van der Waals surface area (Å²) in [5.74, 6) is -3.82. The van der Waals surface area contributed by atoms with Crippen molar-refractivity contribution >= 4 is 5.69 Å². The first-order chi connectivity index (χ1) is 10.1. The van der Waals surface area contributed by atoms with Gasteiger partial charge in [0.15, 0.2) is 17.5 Å². The molecule has 1 aliphatic heterocycles. The third-order valence-electron chi connectivity index (χ3n) is 3.91. The quantitative estimate of drug-likeness (QED) is 0.880. The lowest BCUT2D eigenvalue weighted by atomic mass is 10.0. The van der Waals surface area contributed by atoms with Crippen LogP contribution in [0.2, 0.25) is 0 Å². The molecule has 3 rings (SSSR count). The van der Waals surface area contributed by atoms with Crippen molar-refractivity contribution in [3.05, 3.63) is 65.0 Å². The van der Waals surface area contributed by atoms with Crippen LogP contribution in [0.3, 0.4) is 0 Å². The van der Waals surface area contributed by atoms with Crippen molar-refractivity contribution in [2.24, 2.45) is 5.73 Å². The predicted molar refractivity (Wildman–Crippen MR) is 75.6 cm³/mol. The molecule has 0 aliphatic carbocycles. The highest BCUT2D eigenvalue weighted by Crippen LogP contribution is 2.35. The molecule has 2 nitrogen and oxygen atoms in total. The van der Waals surface area contributed by atoms with Gasteiger partial charge in [0.05, 0.1) is 6.04 Å². The van der Waals surface area contributed by atoms with Crippen LogP contribution in [0.5, 0.6) is 0 Å². The van der Waals surface area contributed by atoms with Crippen LogP contribution in [0.1, 0.15) is 17.2 Å². The lowest BCUT2D eigenvalue weighted by Crippen LogP contribution is -2.32. The molecule has 0 amide bonds. The molecule has 0 aromatic heterocycles. The molecule has 0 spiro atoms. The van der Waals surface area contributed by atoms with Crippen LogP contribution < -0.4 is 10.6 Å². The van der Waals surface area contributed by atoms with Gasteiger partial charge in [-0.3, -0.25) is 0 Å². The second kappa shape index (κ2) is 5.41. The molecule has 0 radical (unpaired) electrons. The Bertz CT molecular complexity index is 649. The number of benzene rings is 2. The number of hydrogen-bond donors (Lipinski definition) is 1. The van der Waals surface area contributed by atoms with Gasteiger partial charge < -0.3 is 10.6 Å². The number of anilines is 1. The van der Waals surface area contributed by atoms with E-state index in [-0.39, 0.29) is 12.6 Å². The zero-order valence-corrected chi connectivity index (χ0v) is 11.3. The predicted octanol–water partition coefficient (Wildman–Crippen LogP) is 3.17. The number of nitrogens with zero attached hydrogens (tertiary/aromatic N) is 1. The van der Waals surface area contributed by atoms with E-state index in [0.29, 0.717) is 5.56 Å². The van der Waals surface area contributed by atoms with Crippen molar-refractivity contribution in [1.82, 2.24) is 0 Å². The van der Waals surface area contributed by atoms with E-state index in [1.807, 2.05) is 29.2 Å². The zero-order valence-electron chi connectivity index (χ0n) is 11.3. The maximum Gasteiger partial charge on any atom is 0.194 e. The van der Waals surface area contributed by atoms with Gasteiger partial charge in [0.25, 0.3) is 0 Å². The molecule has 110 valence electrons. The van der Waals surface area contributed by atoms with Gasteiger partial charge in [-0.25, -0.2) is 13.2 Å². The fourth-order valence-corrected chi connectivity index (χ4v) is 2.90. The first kappa shape index (κ1) is 13.9. The van der Waals surface area contributed by atoms with E-state index in [0.717, 1.165) is 30.8 Å². The van der Waals surface area contributed by atoms with Crippen LogP contribution in [-0.4, -0.2) is 13.1 Å². The van der Waals surface area contributed by atoms with Crippen molar-refractivity contribution in [3.63, 3.8) is 0 Å². The number of para-hydroxylation sites is 1. The molecule has 2 N–H and O–H groups in total. The maximum absolute atomic E-state index is 13.4.